The van der Waals surface area contributed by atoms with Crippen molar-refractivity contribution >= 4 is 11.8 Å². The molecule has 0 radical (unpaired) electrons. The summed E-state index contributed by atoms with van der Waals surface area (Å²) in [7, 11) is 0. The van der Waals surface area contributed by atoms with E-state index in [-0.39, 0.29) is 29.7 Å². The second-order valence-corrected chi connectivity index (χ2v) is 7.11. The van der Waals surface area contributed by atoms with Crippen LogP contribution in [0.4, 0.5) is 0 Å². The van der Waals surface area contributed by atoms with E-state index in [1.165, 1.54) is 0 Å². The van der Waals surface area contributed by atoms with Crippen LogP contribution < -0.4 is 0 Å². The predicted molar refractivity (Wildman–Crippen MR) is 68.9 cm³/mol. The second-order valence-electron chi connectivity index (χ2n) is 7.11. The molecule has 0 aromatic heterocycles. The molecule has 2 bridgehead atoms. The van der Waals surface area contributed by atoms with E-state index in [4.69, 9.17) is 4.74 Å². The Labute approximate surface area is 109 Å². The molecule has 0 spiro atoms. The molecule has 0 amide bonds. The highest BCUT2D eigenvalue weighted by Gasteiger charge is 2.55. The number of carbonyl (C=O) groups is 2. The van der Waals surface area contributed by atoms with Gasteiger partial charge in [-0.15, -0.1) is 0 Å². The molecule has 3 nitrogen and oxygen atoms in total. The number of ether oxygens (including phenoxy) is 1. The van der Waals surface area contributed by atoms with Gasteiger partial charge in [0.05, 0.1) is 5.41 Å². The minimum absolute atomic E-state index is 0.0370. The Kier molecular flexibility index (Phi) is 2.91. The van der Waals surface area contributed by atoms with Gasteiger partial charge in [0.1, 0.15) is 6.61 Å². The summed E-state index contributed by atoms with van der Waals surface area (Å²) in [5.74, 6) is 0.553. The van der Waals surface area contributed by atoms with Gasteiger partial charge in [-0.1, -0.05) is 13.8 Å². The van der Waals surface area contributed by atoms with Gasteiger partial charge in [-0.2, -0.15) is 0 Å². The Bertz CT molecular complexity index is 424. The van der Waals surface area contributed by atoms with E-state index in [0.717, 1.165) is 12.0 Å². The maximum Gasteiger partial charge on any atom is 0.311 e. The molecule has 0 aromatic rings. The highest BCUT2D eigenvalue weighted by Crippen LogP contribution is 2.57. The van der Waals surface area contributed by atoms with Gasteiger partial charge in [0.2, 0.25) is 0 Å². The van der Waals surface area contributed by atoms with Gasteiger partial charge in [-0.25, -0.2) is 0 Å². The molecule has 2 atom stereocenters. The zero-order valence-electron chi connectivity index (χ0n) is 11.9. The summed E-state index contributed by atoms with van der Waals surface area (Å²) in [5, 5.41) is 0. The summed E-state index contributed by atoms with van der Waals surface area (Å²) in [6, 6.07) is 0. The molecule has 100 valence electrons. The van der Waals surface area contributed by atoms with Gasteiger partial charge in [-0.05, 0) is 50.2 Å². The number of carbonyl (C=O) groups excluding carboxylic acids is 2. The standard InChI is InChI=1S/C15H22O3/c1-14(2,3)13(17)18-8-9-6-12(16)11-7-10(9)15(11,4)5/h6,10-11H,7-8H2,1-5H3/t10-,11+/m0/s1. The van der Waals surface area contributed by atoms with Crippen LogP contribution in [0, 0.1) is 22.7 Å². The van der Waals surface area contributed by atoms with E-state index in [0.29, 0.717) is 5.92 Å². The van der Waals surface area contributed by atoms with Crippen LogP contribution in [0.15, 0.2) is 11.6 Å². The number of fused-ring (bicyclic) bond motifs is 1. The molecule has 3 aliphatic rings. The molecule has 3 heteroatoms. The summed E-state index contributed by atoms with van der Waals surface area (Å²) in [6.45, 7) is 10.0. The lowest BCUT2D eigenvalue weighted by Crippen LogP contribution is -2.53. The van der Waals surface area contributed by atoms with Crippen LogP contribution in [-0.4, -0.2) is 18.4 Å². The third-order valence-electron chi connectivity index (χ3n) is 4.37. The fraction of sp³-hybridized carbons (Fsp3) is 0.733. The molecule has 1 saturated carbocycles. The third-order valence-corrected chi connectivity index (χ3v) is 4.37. The number of ketones is 1. The first-order valence-corrected chi connectivity index (χ1v) is 6.55. The first-order chi connectivity index (χ1) is 8.14. The molecule has 0 saturated heterocycles. The Morgan fingerprint density at radius 3 is 2.44 bits per heavy atom. The van der Waals surface area contributed by atoms with Crippen molar-refractivity contribution in [3.63, 3.8) is 0 Å². The third kappa shape index (κ3) is 2.00. The number of hydrogen-bond donors (Lipinski definition) is 0. The molecule has 0 unspecified atom stereocenters. The highest BCUT2D eigenvalue weighted by molar-refractivity contribution is 5.96. The van der Waals surface area contributed by atoms with Crippen molar-refractivity contribution in [3.8, 4) is 0 Å². The molecular weight excluding hydrogens is 228 g/mol. The number of esters is 1. The lowest BCUT2D eigenvalue weighted by molar-refractivity contribution is -0.153. The zero-order valence-corrected chi connectivity index (χ0v) is 11.9. The summed E-state index contributed by atoms with van der Waals surface area (Å²) in [6.07, 6.45) is 2.62. The monoisotopic (exact) mass is 250 g/mol. The normalized spacial score (nSPS) is 29.4. The first-order valence-electron chi connectivity index (χ1n) is 6.55. The van der Waals surface area contributed by atoms with Gasteiger partial charge >= 0.3 is 5.97 Å². The van der Waals surface area contributed by atoms with Gasteiger partial charge in [-0.3, -0.25) is 9.59 Å². The van der Waals surface area contributed by atoms with Crippen molar-refractivity contribution in [3.05, 3.63) is 11.6 Å². The van der Waals surface area contributed by atoms with Crippen molar-refractivity contribution in [2.75, 3.05) is 6.61 Å². The molecule has 3 aliphatic carbocycles. The van der Waals surface area contributed by atoms with Crippen LogP contribution in [0.2, 0.25) is 0 Å². The Hall–Kier alpha value is -1.12. The molecule has 0 N–H and O–H groups in total. The minimum Gasteiger partial charge on any atom is -0.461 e. The van der Waals surface area contributed by atoms with Gasteiger partial charge in [0, 0.05) is 5.92 Å². The van der Waals surface area contributed by atoms with Gasteiger partial charge in [0.15, 0.2) is 5.78 Å². The van der Waals surface area contributed by atoms with E-state index in [2.05, 4.69) is 13.8 Å². The molecular formula is C15H22O3. The van der Waals surface area contributed by atoms with Crippen LogP contribution in [-0.2, 0) is 14.3 Å². The zero-order chi connectivity index (χ0) is 13.7. The molecule has 0 aromatic carbocycles. The molecule has 3 rings (SSSR count). The van der Waals surface area contributed by atoms with Crippen molar-refractivity contribution in [1.29, 1.82) is 0 Å². The highest BCUT2D eigenvalue weighted by atomic mass is 16.5. The average Bonchev–Trinajstić information content (AvgIpc) is 2.23. The molecule has 0 heterocycles. The molecule has 18 heavy (non-hydrogen) atoms. The number of rotatable bonds is 2. The molecule has 1 fully saturated rings. The summed E-state index contributed by atoms with van der Waals surface area (Å²) < 4.78 is 5.32. The summed E-state index contributed by atoms with van der Waals surface area (Å²) in [5.41, 5.74) is 0.539. The van der Waals surface area contributed by atoms with Crippen molar-refractivity contribution in [2.24, 2.45) is 22.7 Å². The maximum atomic E-state index is 11.9. The van der Waals surface area contributed by atoms with Gasteiger partial charge < -0.3 is 4.74 Å². The van der Waals surface area contributed by atoms with Crippen LogP contribution in [0.1, 0.15) is 41.0 Å². The molecule has 0 aliphatic heterocycles. The fourth-order valence-electron chi connectivity index (χ4n) is 2.93. The Morgan fingerprint density at radius 1 is 1.39 bits per heavy atom. The lowest BCUT2D eigenvalue weighted by Gasteiger charge is -2.55. The SMILES string of the molecule is CC(C)(C)C(=O)OCC1=CC(=O)[C@H]2C[C@@H]1C2(C)C. The summed E-state index contributed by atoms with van der Waals surface area (Å²) >= 11 is 0. The second kappa shape index (κ2) is 3.94. The van der Waals surface area contributed by atoms with Crippen LogP contribution in [0.25, 0.3) is 0 Å². The average molecular weight is 250 g/mol. The fourth-order valence-corrected chi connectivity index (χ4v) is 2.93. The van der Waals surface area contributed by atoms with Gasteiger partial charge in [0.25, 0.3) is 0 Å². The van der Waals surface area contributed by atoms with Crippen LogP contribution in [0.3, 0.4) is 0 Å². The largest absolute Gasteiger partial charge is 0.461 e. The first kappa shape index (κ1) is 13.3. The van der Waals surface area contributed by atoms with E-state index < -0.39 is 5.41 Å². The number of hydrogen-bond acceptors (Lipinski definition) is 3. The van der Waals surface area contributed by atoms with E-state index in [1.807, 2.05) is 20.8 Å². The minimum atomic E-state index is -0.489. The Morgan fingerprint density at radius 2 is 2.00 bits per heavy atom. The maximum absolute atomic E-state index is 11.9. The van der Waals surface area contributed by atoms with Crippen LogP contribution >= 0.6 is 0 Å². The number of allylic oxidation sites excluding steroid dienone is 1. The van der Waals surface area contributed by atoms with Crippen molar-refractivity contribution in [1.82, 2.24) is 0 Å². The summed E-state index contributed by atoms with van der Waals surface area (Å²) in [4.78, 5) is 23.6. The smallest absolute Gasteiger partial charge is 0.311 e. The van der Waals surface area contributed by atoms with E-state index in [1.54, 1.807) is 6.08 Å². The topological polar surface area (TPSA) is 43.4 Å². The lowest BCUT2D eigenvalue weighted by atomic mass is 9.48. The Balaban J connectivity index is 2.03. The quantitative estimate of drug-likeness (QED) is 0.708. The van der Waals surface area contributed by atoms with Crippen molar-refractivity contribution < 1.29 is 14.3 Å². The van der Waals surface area contributed by atoms with E-state index in [9.17, 15) is 9.59 Å². The van der Waals surface area contributed by atoms with E-state index >= 15 is 0 Å². The van der Waals surface area contributed by atoms with Crippen molar-refractivity contribution in [2.45, 2.75) is 41.0 Å². The predicted octanol–water partition coefficient (Wildman–Crippen LogP) is 2.75. The van der Waals surface area contributed by atoms with Crippen LogP contribution in [0.5, 0.6) is 0 Å².